The molecule has 5 nitrogen and oxygen atoms in total. The molecule has 2 atom stereocenters. The lowest BCUT2D eigenvalue weighted by Crippen LogP contribution is -2.53. The quantitative estimate of drug-likeness (QED) is 0.779. The van der Waals surface area contributed by atoms with E-state index in [0.29, 0.717) is 13.1 Å². The standard InChI is InChI=1S/C10H22N2O3S/c1-4-11(3)16(14,15)12-7-5-6-9(2)10(12)8-13/h9-10,13H,4-8H2,1-3H3. The minimum atomic E-state index is -3.40. The smallest absolute Gasteiger partial charge is 0.282 e. The van der Waals surface area contributed by atoms with Crippen LogP contribution in [0, 0.1) is 5.92 Å². The van der Waals surface area contributed by atoms with Crippen molar-refractivity contribution in [2.75, 3.05) is 26.7 Å². The molecule has 0 aromatic heterocycles. The summed E-state index contributed by atoms with van der Waals surface area (Å²) in [5.74, 6) is 0.221. The zero-order valence-corrected chi connectivity index (χ0v) is 11.1. The molecule has 1 aliphatic rings. The molecule has 0 radical (unpaired) electrons. The molecule has 1 fully saturated rings. The highest BCUT2D eigenvalue weighted by Gasteiger charge is 2.37. The summed E-state index contributed by atoms with van der Waals surface area (Å²) in [4.78, 5) is 0. The van der Waals surface area contributed by atoms with E-state index in [1.165, 1.54) is 8.61 Å². The Morgan fingerprint density at radius 1 is 1.50 bits per heavy atom. The Labute approximate surface area is 98.2 Å². The van der Waals surface area contributed by atoms with E-state index in [1.54, 1.807) is 14.0 Å². The van der Waals surface area contributed by atoms with E-state index >= 15 is 0 Å². The molecule has 0 saturated carbocycles. The topological polar surface area (TPSA) is 60.9 Å². The van der Waals surface area contributed by atoms with Crippen molar-refractivity contribution in [2.24, 2.45) is 5.92 Å². The highest BCUT2D eigenvalue weighted by molar-refractivity contribution is 7.86. The van der Waals surface area contributed by atoms with Crippen LogP contribution in [0.15, 0.2) is 0 Å². The highest BCUT2D eigenvalue weighted by Crippen LogP contribution is 2.26. The van der Waals surface area contributed by atoms with Gasteiger partial charge in [-0.15, -0.1) is 0 Å². The van der Waals surface area contributed by atoms with E-state index < -0.39 is 10.2 Å². The second-order valence-electron chi connectivity index (χ2n) is 4.40. The van der Waals surface area contributed by atoms with Crippen LogP contribution in [-0.4, -0.2) is 54.9 Å². The second kappa shape index (κ2) is 5.44. The van der Waals surface area contributed by atoms with Crippen LogP contribution >= 0.6 is 0 Å². The number of hydrogen-bond donors (Lipinski definition) is 1. The lowest BCUT2D eigenvalue weighted by molar-refractivity contribution is 0.108. The summed E-state index contributed by atoms with van der Waals surface area (Å²) in [6, 6.07) is -0.271. The molecule has 96 valence electrons. The molecule has 0 amide bonds. The molecule has 0 aromatic carbocycles. The van der Waals surface area contributed by atoms with Crippen LogP contribution in [0.2, 0.25) is 0 Å². The third kappa shape index (κ3) is 2.56. The molecule has 6 heteroatoms. The van der Waals surface area contributed by atoms with Crippen LogP contribution in [0.3, 0.4) is 0 Å². The number of aliphatic hydroxyl groups excluding tert-OH is 1. The Bertz CT molecular complexity index is 318. The van der Waals surface area contributed by atoms with E-state index in [4.69, 9.17) is 0 Å². The SMILES string of the molecule is CCN(C)S(=O)(=O)N1CCCC(C)C1CO. The summed E-state index contributed by atoms with van der Waals surface area (Å²) in [5.41, 5.74) is 0. The van der Waals surface area contributed by atoms with Gasteiger partial charge in [-0.25, -0.2) is 0 Å². The number of nitrogens with zero attached hydrogens (tertiary/aromatic N) is 2. The van der Waals surface area contributed by atoms with Crippen LogP contribution < -0.4 is 0 Å². The first kappa shape index (κ1) is 13.9. The molecule has 0 aromatic rings. The molecule has 1 rings (SSSR count). The highest BCUT2D eigenvalue weighted by atomic mass is 32.2. The summed E-state index contributed by atoms with van der Waals surface area (Å²) < 4.78 is 27.1. The lowest BCUT2D eigenvalue weighted by atomic mass is 9.93. The van der Waals surface area contributed by atoms with E-state index in [2.05, 4.69) is 0 Å². The predicted molar refractivity (Wildman–Crippen MR) is 63.2 cm³/mol. The Hall–Kier alpha value is -0.170. The first-order valence-corrected chi connectivity index (χ1v) is 7.18. The zero-order valence-electron chi connectivity index (χ0n) is 10.3. The number of aliphatic hydroxyl groups is 1. The van der Waals surface area contributed by atoms with Crippen LogP contribution in [0.5, 0.6) is 0 Å². The summed E-state index contributed by atoms with van der Waals surface area (Å²) in [6.07, 6.45) is 1.85. The first-order valence-electron chi connectivity index (χ1n) is 5.79. The maximum absolute atomic E-state index is 12.2. The van der Waals surface area contributed by atoms with Gasteiger partial charge in [0.1, 0.15) is 0 Å². The third-order valence-corrected chi connectivity index (χ3v) is 5.48. The van der Waals surface area contributed by atoms with Crippen molar-refractivity contribution in [3.8, 4) is 0 Å². The van der Waals surface area contributed by atoms with E-state index in [1.807, 2.05) is 6.92 Å². The van der Waals surface area contributed by atoms with Crippen molar-refractivity contribution >= 4 is 10.2 Å². The van der Waals surface area contributed by atoms with Gasteiger partial charge in [0.05, 0.1) is 12.6 Å². The Morgan fingerprint density at radius 2 is 2.12 bits per heavy atom. The fourth-order valence-corrected chi connectivity index (χ4v) is 3.77. The fraction of sp³-hybridized carbons (Fsp3) is 1.00. The Morgan fingerprint density at radius 3 is 2.62 bits per heavy atom. The molecular formula is C10H22N2O3S. The fourth-order valence-electron chi connectivity index (χ4n) is 2.11. The van der Waals surface area contributed by atoms with Crippen molar-refractivity contribution in [2.45, 2.75) is 32.7 Å². The van der Waals surface area contributed by atoms with Crippen molar-refractivity contribution in [1.82, 2.24) is 8.61 Å². The van der Waals surface area contributed by atoms with Crippen molar-refractivity contribution in [3.05, 3.63) is 0 Å². The average molecular weight is 250 g/mol. The van der Waals surface area contributed by atoms with Gasteiger partial charge in [0, 0.05) is 20.1 Å². The molecule has 16 heavy (non-hydrogen) atoms. The van der Waals surface area contributed by atoms with Gasteiger partial charge in [-0.2, -0.15) is 17.0 Å². The number of piperidine rings is 1. The normalized spacial score (nSPS) is 28.6. The zero-order chi connectivity index (χ0) is 12.3. The van der Waals surface area contributed by atoms with Crippen LogP contribution in [0.4, 0.5) is 0 Å². The number of rotatable bonds is 4. The van der Waals surface area contributed by atoms with Gasteiger partial charge in [-0.3, -0.25) is 0 Å². The first-order chi connectivity index (χ1) is 7.45. The van der Waals surface area contributed by atoms with E-state index in [-0.39, 0.29) is 18.6 Å². The molecule has 0 aliphatic carbocycles. The van der Waals surface area contributed by atoms with Crippen LogP contribution in [0.25, 0.3) is 0 Å². The largest absolute Gasteiger partial charge is 0.395 e. The van der Waals surface area contributed by atoms with Crippen LogP contribution in [0.1, 0.15) is 26.7 Å². The van der Waals surface area contributed by atoms with Gasteiger partial charge in [-0.05, 0) is 18.8 Å². The lowest BCUT2D eigenvalue weighted by Gasteiger charge is -2.39. The minimum Gasteiger partial charge on any atom is -0.395 e. The summed E-state index contributed by atoms with van der Waals surface area (Å²) >= 11 is 0. The van der Waals surface area contributed by atoms with Crippen molar-refractivity contribution < 1.29 is 13.5 Å². The van der Waals surface area contributed by atoms with Gasteiger partial charge in [-0.1, -0.05) is 13.8 Å². The maximum atomic E-state index is 12.2. The molecule has 1 saturated heterocycles. The van der Waals surface area contributed by atoms with Gasteiger partial charge >= 0.3 is 0 Å². The molecule has 1 aliphatic heterocycles. The molecule has 1 heterocycles. The van der Waals surface area contributed by atoms with Crippen molar-refractivity contribution in [3.63, 3.8) is 0 Å². The summed E-state index contributed by atoms with van der Waals surface area (Å²) in [5, 5.41) is 9.33. The molecule has 0 bridgehead atoms. The minimum absolute atomic E-state index is 0.0993. The summed E-state index contributed by atoms with van der Waals surface area (Å²) in [6.45, 7) is 4.67. The second-order valence-corrected chi connectivity index (χ2v) is 6.39. The third-order valence-electron chi connectivity index (χ3n) is 3.39. The van der Waals surface area contributed by atoms with Gasteiger partial charge in [0.25, 0.3) is 10.2 Å². The van der Waals surface area contributed by atoms with Gasteiger partial charge in [0.15, 0.2) is 0 Å². The van der Waals surface area contributed by atoms with Gasteiger partial charge in [0.2, 0.25) is 0 Å². The summed E-state index contributed by atoms with van der Waals surface area (Å²) in [7, 11) is -1.83. The molecule has 0 spiro atoms. The van der Waals surface area contributed by atoms with Crippen molar-refractivity contribution in [1.29, 1.82) is 0 Å². The molecule has 1 N–H and O–H groups in total. The number of hydrogen-bond acceptors (Lipinski definition) is 3. The van der Waals surface area contributed by atoms with Gasteiger partial charge < -0.3 is 5.11 Å². The molecule has 2 unspecified atom stereocenters. The predicted octanol–water partition coefficient (Wildman–Crippen LogP) is 0.276. The Balaban J connectivity index is 2.92. The average Bonchev–Trinajstić information content (AvgIpc) is 2.27. The van der Waals surface area contributed by atoms with Crippen LogP contribution in [-0.2, 0) is 10.2 Å². The monoisotopic (exact) mass is 250 g/mol. The Kier molecular flexibility index (Phi) is 4.73. The molecular weight excluding hydrogens is 228 g/mol. The maximum Gasteiger partial charge on any atom is 0.282 e. The van der Waals surface area contributed by atoms with E-state index in [9.17, 15) is 13.5 Å². The van der Waals surface area contributed by atoms with E-state index in [0.717, 1.165) is 12.8 Å².